The van der Waals surface area contributed by atoms with E-state index in [0.29, 0.717) is 0 Å². The van der Waals surface area contributed by atoms with Gasteiger partial charge in [0.2, 0.25) is 15.9 Å². The molecule has 1 rings (SSSR count). The first kappa shape index (κ1) is 13.6. The van der Waals surface area contributed by atoms with E-state index in [-0.39, 0.29) is 18.7 Å². The number of pyridine rings is 1. The smallest absolute Gasteiger partial charge is 0.244 e. The lowest BCUT2D eigenvalue weighted by Gasteiger charge is -2.05. The van der Waals surface area contributed by atoms with E-state index in [1.165, 1.54) is 5.48 Å². The minimum Gasteiger partial charge on any atom is -0.289 e. The van der Waals surface area contributed by atoms with Crippen LogP contribution >= 0.6 is 0 Å². The van der Waals surface area contributed by atoms with Crippen molar-refractivity contribution in [3.63, 3.8) is 0 Å². The Morgan fingerprint density at radius 1 is 1.47 bits per heavy atom. The van der Waals surface area contributed by atoms with Crippen LogP contribution in [0.15, 0.2) is 24.5 Å². The molecule has 0 aliphatic carbocycles. The first-order chi connectivity index (χ1) is 8.03. The Balaban J connectivity index is 2.42. The van der Waals surface area contributed by atoms with Crippen LogP contribution < -0.4 is 10.2 Å². The summed E-state index contributed by atoms with van der Waals surface area (Å²) in [5.41, 5.74) is 2.09. The van der Waals surface area contributed by atoms with E-state index < -0.39 is 15.9 Å². The second-order valence-electron chi connectivity index (χ2n) is 3.29. The SMILES string of the molecule is O=C(CCS(=O)(=O)NCc1cccnc1)NO. The standard InChI is InChI=1S/C9H13N3O4S/c13-9(12-14)3-5-17(15,16)11-7-8-2-1-4-10-6-8/h1-2,4,6,11,14H,3,5,7H2,(H,12,13). The Labute approximate surface area is 98.9 Å². The number of hydrogen-bond donors (Lipinski definition) is 3. The molecule has 0 aliphatic heterocycles. The lowest BCUT2D eigenvalue weighted by Crippen LogP contribution is -2.29. The van der Waals surface area contributed by atoms with Gasteiger partial charge in [0, 0.05) is 25.4 Å². The molecular formula is C9H13N3O4S. The van der Waals surface area contributed by atoms with Crippen LogP contribution in [-0.2, 0) is 21.4 Å². The zero-order chi connectivity index (χ0) is 12.7. The van der Waals surface area contributed by atoms with Crippen molar-refractivity contribution in [2.75, 3.05) is 5.75 Å². The van der Waals surface area contributed by atoms with Crippen molar-refractivity contribution < 1.29 is 18.4 Å². The second kappa shape index (κ2) is 6.28. The summed E-state index contributed by atoms with van der Waals surface area (Å²) in [5, 5.41) is 8.22. The Morgan fingerprint density at radius 3 is 2.82 bits per heavy atom. The van der Waals surface area contributed by atoms with Crippen molar-refractivity contribution in [3.05, 3.63) is 30.1 Å². The van der Waals surface area contributed by atoms with Crippen molar-refractivity contribution in [2.24, 2.45) is 0 Å². The van der Waals surface area contributed by atoms with Crippen LogP contribution in [0.3, 0.4) is 0 Å². The van der Waals surface area contributed by atoms with Crippen LogP contribution in [-0.4, -0.2) is 30.3 Å². The van der Waals surface area contributed by atoms with Crippen molar-refractivity contribution in [1.29, 1.82) is 0 Å². The summed E-state index contributed by atoms with van der Waals surface area (Å²) in [5.74, 6) is -1.11. The topological polar surface area (TPSA) is 108 Å². The van der Waals surface area contributed by atoms with E-state index in [9.17, 15) is 13.2 Å². The Morgan fingerprint density at radius 2 is 2.24 bits per heavy atom. The number of carbonyl (C=O) groups excluding carboxylic acids is 1. The number of nitrogens with one attached hydrogen (secondary N) is 2. The molecule has 0 atom stereocenters. The van der Waals surface area contributed by atoms with Gasteiger partial charge in [-0.3, -0.25) is 15.0 Å². The first-order valence-electron chi connectivity index (χ1n) is 4.82. The van der Waals surface area contributed by atoms with Gasteiger partial charge in [-0.1, -0.05) is 6.07 Å². The van der Waals surface area contributed by atoms with E-state index in [0.717, 1.165) is 5.56 Å². The summed E-state index contributed by atoms with van der Waals surface area (Å²) in [6.45, 7) is 0.122. The van der Waals surface area contributed by atoms with E-state index in [2.05, 4.69) is 9.71 Å². The van der Waals surface area contributed by atoms with Gasteiger partial charge in [0.25, 0.3) is 0 Å². The highest BCUT2D eigenvalue weighted by atomic mass is 32.2. The molecule has 1 amide bonds. The minimum absolute atomic E-state index is 0.122. The average Bonchev–Trinajstić information content (AvgIpc) is 2.35. The molecule has 8 heteroatoms. The Kier molecular flexibility index (Phi) is 5.01. The molecule has 0 aliphatic rings. The van der Waals surface area contributed by atoms with Crippen LogP contribution in [0.4, 0.5) is 0 Å². The van der Waals surface area contributed by atoms with Gasteiger partial charge in [-0.2, -0.15) is 0 Å². The maximum atomic E-state index is 11.4. The number of hydrogen-bond acceptors (Lipinski definition) is 5. The summed E-state index contributed by atoms with van der Waals surface area (Å²) < 4.78 is 25.2. The molecule has 1 aromatic heterocycles. The number of rotatable bonds is 6. The second-order valence-corrected chi connectivity index (χ2v) is 5.21. The molecular weight excluding hydrogens is 246 g/mol. The monoisotopic (exact) mass is 259 g/mol. The number of carbonyl (C=O) groups is 1. The molecule has 0 saturated carbocycles. The fraction of sp³-hybridized carbons (Fsp3) is 0.333. The minimum atomic E-state index is -3.53. The zero-order valence-corrected chi connectivity index (χ0v) is 9.77. The molecule has 1 heterocycles. The number of amides is 1. The Hall–Kier alpha value is -1.51. The molecule has 0 radical (unpaired) electrons. The summed E-state index contributed by atoms with van der Waals surface area (Å²) in [7, 11) is -3.53. The van der Waals surface area contributed by atoms with Gasteiger partial charge in [0.1, 0.15) is 0 Å². The van der Waals surface area contributed by atoms with Crippen LogP contribution in [0.25, 0.3) is 0 Å². The predicted molar refractivity (Wildman–Crippen MR) is 59.4 cm³/mol. The van der Waals surface area contributed by atoms with E-state index >= 15 is 0 Å². The fourth-order valence-corrected chi connectivity index (χ4v) is 2.04. The molecule has 0 aromatic carbocycles. The van der Waals surface area contributed by atoms with Gasteiger partial charge in [0.05, 0.1) is 5.75 Å². The number of sulfonamides is 1. The molecule has 3 N–H and O–H groups in total. The van der Waals surface area contributed by atoms with Gasteiger partial charge in [0.15, 0.2) is 0 Å². The van der Waals surface area contributed by atoms with Gasteiger partial charge < -0.3 is 0 Å². The largest absolute Gasteiger partial charge is 0.289 e. The molecule has 17 heavy (non-hydrogen) atoms. The van der Waals surface area contributed by atoms with Crippen LogP contribution in [0.2, 0.25) is 0 Å². The van der Waals surface area contributed by atoms with Gasteiger partial charge in [-0.15, -0.1) is 0 Å². The third kappa shape index (κ3) is 5.38. The number of nitrogens with zero attached hydrogens (tertiary/aromatic N) is 1. The highest BCUT2D eigenvalue weighted by Gasteiger charge is 2.12. The van der Waals surface area contributed by atoms with Crippen LogP contribution in [0.1, 0.15) is 12.0 Å². The molecule has 0 fully saturated rings. The predicted octanol–water partition coefficient (Wildman–Crippen LogP) is -0.604. The maximum absolute atomic E-state index is 11.4. The lowest BCUT2D eigenvalue weighted by atomic mass is 10.3. The van der Waals surface area contributed by atoms with Gasteiger partial charge in [-0.25, -0.2) is 18.6 Å². The molecule has 7 nitrogen and oxygen atoms in total. The molecule has 0 unspecified atom stereocenters. The third-order valence-corrected chi connectivity index (χ3v) is 3.27. The van der Waals surface area contributed by atoms with Crippen molar-refractivity contribution in [1.82, 2.24) is 15.2 Å². The fourth-order valence-electron chi connectivity index (χ4n) is 1.05. The van der Waals surface area contributed by atoms with Gasteiger partial charge >= 0.3 is 0 Å². The summed E-state index contributed by atoms with van der Waals surface area (Å²) in [4.78, 5) is 14.5. The quantitative estimate of drug-likeness (QED) is 0.467. The average molecular weight is 259 g/mol. The third-order valence-electron chi connectivity index (χ3n) is 1.94. The molecule has 0 bridgehead atoms. The highest BCUT2D eigenvalue weighted by molar-refractivity contribution is 7.89. The highest BCUT2D eigenvalue weighted by Crippen LogP contribution is 1.97. The summed E-state index contributed by atoms with van der Waals surface area (Å²) in [6.07, 6.45) is 2.84. The van der Waals surface area contributed by atoms with Crippen molar-refractivity contribution >= 4 is 15.9 Å². The molecule has 94 valence electrons. The zero-order valence-electron chi connectivity index (χ0n) is 8.96. The van der Waals surface area contributed by atoms with E-state index in [1.54, 1.807) is 24.5 Å². The van der Waals surface area contributed by atoms with Gasteiger partial charge in [-0.05, 0) is 11.6 Å². The molecule has 0 saturated heterocycles. The molecule has 1 aromatic rings. The first-order valence-corrected chi connectivity index (χ1v) is 6.48. The van der Waals surface area contributed by atoms with Crippen molar-refractivity contribution in [2.45, 2.75) is 13.0 Å². The van der Waals surface area contributed by atoms with Crippen molar-refractivity contribution in [3.8, 4) is 0 Å². The van der Waals surface area contributed by atoms with E-state index in [4.69, 9.17) is 5.21 Å². The van der Waals surface area contributed by atoms with E-state index in [1.807, 2.05) is 0 Å². The number of aromatic nitrogens is 1. The normalized spacial score (nSPS) is 11.1. The summed E-state index contributed by atoms with van der Waals surface area (Å²) >= 11 is 0. The Bertz CT molecular complexity index is 460. The molecule has 0 spiro atoms. The number of hydroxylamine groups is 1. The summed E-state index contributed by atoms with van der Waals surface area (Å²) in [6, 6.07) is 3.43. The lowest BCUT2D eigenvalue weighted by molar-refractivity contribution is -0.128. The maximum Gasteiger partial charge on any atom is 0.244 e. The van der Waals surface area contributed by atoms with Crippen LogP contribution in [0.5, 0.6) is 0 Å². The van der Waals surface area contributed by atoms with Crippen LogP contribution in [0, 0.1) is 0 Å².